The van der Waals surface area contributed by atoms with Crippen LogP contribution in [0.3, 0.4) is 0 Å². The van der Waals surface area contributed by atoms with Crippen molar-refractivity contribution in [2.75, 3.05) is 72.9 Å². The van der Waals surface area contributed by atoms with Crippen LogP contribution in [0.1, 0.15) is 361 Å². The van der Waals surface area contributed by atoms with E-state index >= 15 is 0 Å². The number of benzene rings is 6. The minimum absolute atomic E-state index is 0. The van der Waals surface area contributed by atoms with E-state index in [0.29, 0.717) is 44.5 Å². The third-order valence-electron chi connectivity index (χ3n) is 24.1. The number of hydrogen-bond acceptors (Lipinski definition) is 16. The number of unbranched alkanes of at least 4 members (excludes halogenated alkanes) is 28. The summed E-state index contributed by atoms with van der Waals surface area (Å²) < 4.78 is 49.6. The van der Waals surface area contributed by atoms with Crippen molar-refractivity contribution in [3.05, 3.63) is 222 Å². The minimum Gasteiger partial charge on any atom is -1.00 e. The van der Waals surface area contributed by atoms with E-state index in [1.165, 1.54) is 167 Å². The van der Waals surface area contributed by atoms with E-state index < -0.39 is 5.97 Å². The first kappa shape index (κ1) is 131. The van der Waals surface area contributed by atoms with E-state index in [1.807, 2.05) is 12.1 Å². The van der Waals surface area contributed by atoms with Crippen LogP contribution >= 0.6 is 15.9 Å². The summed E-state index contributed by atoms with van der Waals surface area (Å²) >= 11 is 4.73. The van der Waals surface area contributed by atoms with Gasteiger partial charge in [-0.15, -0.1) is 5.79 Å². The van der Waals surface area contributed by atoms with Gasteiger partial charge in [0.2, 0.25) is 16.3 Å². The number of aliphatic hydroxyl groups excluding tert-OH is 1. The number of aliphatic hydroxyl groups is 1. The Morgan fingerprint density at radius 2 is 0.537 bits per heavy atom. The molecule has 3 heterocycles. The smallest absolute Gasteiger partial charge is 1.00 e. The standard InChI is InChI=1S/C22H34O4.C21H34O3.C21H32O3.C20H30O3.C10H13Br.C10H18O4.C10H13.CH3.Al.BrH.Mg.2H/c1-24-21(23)15-8-3-2-4-10-16-22(25-18-19-26-22)17-11-9-14-20-12-6-5-7-13-20;2*22-17-11-4-2-1-3-9-15-21(23-18-19-24-21)16-10-8-14-20-12-6-5-7-13-20;1-23-20(22)17-9-4-2-3-8-15-19(21)16-11-10-14-18-12-6-5-7-13-18;11-9-5-4-8-10-6-2-1-3-7-10;1-14-10(13)8-6-4-2-3-5-7-9(11)12;1-2-3-7-10-8-5-4-6-9-10;;;;;;/h5-7,12-13H,2-4,8-11,14-19H2,1H3;5-7,12-13,22H,1-4,8-11,14-19H2;5-7,12-13,17H,1-4,8-11,14-16,18-19H2;5-7,12-13H,2-4,8-11,14-17H2,1H3;1-3,6-7H,4-5,8-9H2;2-8H2,1H3,(H,11,12);4-6,8-9H,1-3,7H2;1H3;;1H;;;/q;;;;;;-1;;;;+2;;/p-1. The molecule has 9 rings (SSSR count). The molecule has 0 saturated carbocycles. The van der Waals surface area contributed by atoms with Crippen LogP contribution in [0.5, 0.6) is 0 Å². The van der Waals surface area contributed by atoms with Gasteiger partial charge < -0.3 is 81.5 Å². The van der Waals surface area contributed by atoms with E-state index in [1.54, 1.807) is 0 Å². The van der Waals surface area contributed by atoms with Crippen molar-refractivity contribution in [3.63, 3.8) is 0 Å². The maximum absolute atomic E-state index is 11.8. The van der Waals surface area contributed by atoms with E-state index in [4.69, 9.17) is 38.6 Å². The van der Waals surface area contributed by atoms with Crippen molar-refractivity contribution < 1.29 is 98.6 Å². The number of carboxylic acids is 1. The molecule has 3 fully saturated rings. The van der Waals surface area contributed by atoms with Gasteiger partial charge in [0.1, 0.15) is 12.1 Å². The molecule has 0 spiro atoms. The Morgan fingerprint density at radius 3 is 0.787 bits per heavy atom. The predicted molar refractivity (Wildman–Crippen MR) is 561 cm³/mol. The largest absolute Gasteiger partial charge is 2.00 e. The normalized spacial score (nSPS) is 13.2. The second kappa shape index (κ2) is 94.4. The number of rotatable bonds is 67. The van der Waals surface area contributed by atoms with Gasteiger partial charge in [0.05, 0.1) is 61.0 Å². The topological polar surface area (TPSA) is 226 Å². The van der Waals surface area contributed by atoms with E-state index in [2.05, 4.69) is 213 Å². The molecule has 3 aliphatic rings. The zero-order valence-electron chi connectivity index (χ0n) is 85.0. The number of ether oxygens (including phenoxy) is 9. The molecule has 0 unspecified atom stereocenters. The van der Waals surface area contributed by atoms with Gasteiger partial charge in [-0.05, 0) is 200 Å². The summed E-state index contributed by atoms with van der Waals surface area (Å²) in [5.41, 5.74) is 8.46. The molecule has 6 aromatic rings. The van der Waals surface area contributed by atoms with Crippen LogP contribution in [-0.4, -0.2) is 176 Å². The van der Waals surface area contributed by atoms with Gasteiger partial charge in [0.15, 0.2) is 17.4 Å². The van der Waals surface area contributed by atoms with Crippen molar-refractivity contribution in [3.8, 4) is 0 Å². The van der Waals surface area contributed by atoms with Crippen molar-refractivity contribution in [2.45, 2.75) is 389 Å². The number of aldehydes is 1. The van der Waals surface area contributed by atoms with Gasteiger partial charge in [-0.3, -0.25) is 24.0 Å². The first-order chi connectivity index (χ1) is 65.7. The average molecular weight is 2040 g/mol. The number of carbonyl (C=O) groups is 6. The fraction of sp³-hybridized carbons (Fsp3) is 0.626. The second-order valence-electron chi connectivity index (χ2n) is 35.2. The molecule has 0 radical (unpaired) electrons. The number of Topliss-reactive ketones (excluding diaryl/α,β-unsaturated/α-hetero) is 1. The molecule has 0 atom stereocenters. The Labute approximate surface area is 867 Å². The van der Waals surface area contributed by atoms with Crippen molar-refractivity contribution in [1.82, 2.24) is 0 Å². The van der Waals surface area contributed by atoms with Gasteiger partial charge in [0, 0.05) is 95.4 Å². The first-order valence-electron chi connectivity index (χ1n) is 52.1. The Hall–Kier alpha value is -5.48. The maximum atomic E-state index is 11.8. The Balaban J connectivity index is 0.00000159. The number of aliphatic carboxylic acids is 1. The van der Waals surface area contributed by atoms with Gasteiger partial charge in [-0.25, -0.2) is 0 Å². The molecule has 6 aromatic carbocycles. The van der Waals surface area contributed by atoms with E-state index in [-0.39, 0.29) is 81.7 Å². The van der Waals surface area contributed by atoms with Crippen LogP contribution in [0.25, 0.3) is 0 Å². The molecule has 0 aromatic heterocycles. The molecule has 3 saturated heterocycles. The molecule has 21 heteroatoms. The van der Waals surface area contributed by atoms with Crippen LogP contribution in [0, 0.1) is 6.92 Å². The van der Waals surface area contributed by atoms with Crippen LogP contribution < -0.4 is 17.0 Å². The number of ketones is 1. The number of aryl methyl sites for hydroxylation is 6. The van der Waals surface area contributed by atoms with Crippen LogP contribution in [0.4, 0.5) is 0 Å². The molecule has 136 heavy (non-hydrogen) atoms. The SMILES string of the molecule is BrCCCCc1ccccc1.COC(=O)CCCCCCCC(=O)CCCCc1ccccc1.COC(=O)CCCCCCCC(=O)O.COC(=O)CCCCCCCC1(CCCCc2ccccc2)OCCO1.O=CCCCCCCCC1(CCCCc2ccccc2)OCCO1.OCCCCCCCCC1(CCCCc2ccccc2)OCCO1.[Br-].[CH2-]CCCc1ccccc1.[CH3][AlH2].[Mg+2]. The molecule has 2 N–H and O–H groups in total. The Morgan fingerprint density at radius 1 is 0.324 bits per heavy atom. The van der Waals surface area contributed by atoms with Gasteiger partial charge in [-0.2, -0.15) is 6.42 Å². The van der Waals surface area contributed by atoms with Crippen LogP contribution in [0.2, 0.25) is 5.79 Å². The van der Waals surface area contributed by atoms with Crippen molar-refractivity contribution in [1.29, 1.82) is 0 Å². The first-order valence-corrected chi connectivity index (χ1v) is 55.2. The number of hydrogen-bond donors (Lipinski definition) is 2. The molecular formula is C115H179AlBr2MgO17. The summed E-state index contributed by atoms with van der Waals surface area (Å²) in [6.07, 6.45) is 59.4. The predicted octanol–water partition coefficient (Wildman–Crippen LogP) is 24.4. The third kappa shape index (κ3) is 75.4. The molecule has 17 nitrogen and oxygen atoms in total. The third-order valence-corrected chi connectivity index (χ3v) is 24.7. The van der Waals surface area contributed by atoms with Crippen LogP contribution in [-0.2, 0) is 110 Å². The Kier molecular flexibility index (Phi) is 90.6. The fourth-order valence-electron chi connectivity index (χ4n) is 16.4. The molecule has 760 valence electrons. The monoisotopic (exact) mass is 2040 g/mol. The quantitative estimate of drug-likeness (QED) is 0.00688. The summed E-state index contributed by atoms with van der Waals surface area (Å²) in [5, 5.41) is 18.3. The van der Waals surface area contributed by atoms with Crippen molar-refractivity contribution in [2.24, 2.45) is 0 Å². The van der Waals surface area contributed by atoms with Gasteiger partial charge in [0.25, 0.3) is 0 Å². The molecule has 0 aliphatic carbocycles. The maximum Gasteiger partial charge on any atom is 2.00 e. The van der Waals surface area contributed by atoms with Gasteiger partial charge >= 0.3 is 46.9 Å². The van der Waals surface area contributed by atoms with Crippen LogP contribution in [0.15, 0.2) is 182 Å². The number of methoxy groups -OCH3 is 3. The zero-order chi connectivity index (χ0) is 97.1. The summed E-state index contributed by atoms with van der Waals surface area (Å²) in [5.74, 6) is 0.426. The number of carbonyl (C=O) groups excluding carboxylic acids is 5. The van der Waals surface area contributed by atoms with Gasteiger partial charge in [-0.1, -0.05) is 307 Å². The van der Waals surface area contributed by atoms with Crippen molar-refractivity contribution >= 4 is 91.2 Å². The average Bonchev–Trinajstić information content (AvgIpc) is 1.73. The molecular weight excluding hydrogens is 1860 g/mol. The number of halogens is 2. The van der Waals surface area contributed by atoms with E-state index in [0.717, 1.165) is 282 Å². The Bertz CT molecular complexity index is 3640. The summed E-state index contributed by atoms with van der Waals surface area (Å²) in [4.78, 5) is 65.0. The summed E-state index contributed by atoms with van der Waals surface area (Å²) in [6, 6.07) is 63.6. The fourth-order valence-corrected chi connectivity index (χ4v) is 16.8. The minimum atomic E-state index is -0.737. The molecule has 0 amide bonds. The number of esters is 3. The van der Waals surface area contributed by atoms with E-state index in [9.17, 15) is 28.8 Å². The zero-order valence-corrected chi connectivity index (χ0v) is 91.6. The molecule has 0 bridgehead atoms. The number of carboxylic acid groups (broad SMARTS) is 1. The number of alkyl halides is 1. The summed E-state index contributed by atoms with van der Waals surface area (Å²) in [6.45, 7) is 8.53. The second-order valence-corrected chi connectivity index (χ2v) is 36.0. The summed E-state index contributed by atoms with van der Waals surface area (Å²) in [7, 11) is 4.26. The molecule has 3 aliphatic heterocycles.